The molecule has 8 heteroatoms. The van der Waals surface area contributed by atoms with Crippen molar-refractivity contribution in [3.05, 3.63) is 28.2 Å². The molecule has 2 amide bonds. The Morgan fingerprint density at radius 3 is 2.53 bits per heavy atom. The maximum absolute atomic E-state index is 13.5. The summed E-state index contributed by atoms with van der Waals surface area (Å²) >= 11 is 2.82. The van der Waals surface area contributed by atoms with E-state index in [4.69, 9.17) is 5.11 Å². The Morgan fingerprint density at radius 1 is 1.32 bits per heavy atom. The van der Waals surface area contributed by atoms with Gasteiger partial charge in [-0.25, -0.2) is 13.6 Å². The van der Waals surface area contributed by atoms with Crippen molar-refractivity contribution in [2.45, 2.75) is 0 Å². The van der Waals surface area contributed by atoms with E-state index in [1.54, 1.807) is 0 Å². The van der Waals surface area contributed by atoms with Crippen LogP contribution in [-0.4, -0.2) is 35.1 Å². The number of aliphatic carboxylic acids is 1. The number of benzene rings is 1. The minimum Gasteiger partial charge on any atom is -0.481 e. The first-order chi connectivity index (χ1) is 8.88. The minimum atomic E-state index is -0.982. The third kappa shape index (κ3) is 2.83. The van der Waals surface area contributed by atoms with Gasteiger partial charge in [-0.1, -0.05) is 0 Å². The summed E-state index contributed by atoms with van der Waals surface area (Å²) in [7, 11) is 0. The first kappa shape index (κ1) is 13.7. The van der Waals surface area contributed by atoms with E-state index in [1.165, 1.54) is 4.90 Å². The van der Waals surface area contributed by atoms with Gasteiger partial charge in [0.2, 0.25) is 0 Å². The fourth-order valence-corrected chi connectivity index (χ4v) is 1.93. The highest BCUT2D eigenvalue weighted by Gasteiger charge is 2.35. The monoisotopic (exact) mass is 334 g/mol. The molecule has 0 aromatic heterocycles. The molecule has 0 unspecified atom stereocenters. The molecule has 0 saturated carbocycles. The average molecular weight is 335 g/mol. The highest BCUT2D eigenvalue weighted by Crippen LogP contribution is 2.24. The predicted molar refractivity (Wildman–Crippen MR) is 65.8 cm³/mol. The van der Waals surface area contributed by atoms with E-state index in [9.17, 15) is 18.4 Å². The Bertz CT molecular complexity index is 547. The number of likely N-dealkylation sites (tertiary alicyclic amines) is 1. The zero-order valence-electron chi connectivity index (χ0n) is 9.49. The fraction of sp³-hybridized carbons (Fsp3) is 0.273. The van der Waals surface area contributed by atoms with E-state index in [-0.39, 0.29) is 23.2 Å². The maximum atomic E-state index is 13.5. The summed E-state index contributed by atoms with van der Waals surface area (Å²) in [6.45, 7) is 0.115. The molecule has 1 aliphatic heterocycles. The van der Waals surface area contributed by atoms with E-state index >= 15 is 0 Å². The first-order valence-corrected chi connectivity index (χ1v) is 6.11. The molecule has 0 aliphatic carbocycles. The zero-order valence-corrected chi connectivity index (χ0v) is 11.1. The smallest absolute Gasteiger partial charge is 0.321 e. The highest BCUT2D eigenvalue weighted by molar-refractivity contribution is 9.10. The first-order valence-electron chi connectivity index (χ1n) is 5.31. The van der Waals surface area contributed by atoms with Crippen LogP contribution in [0.4, 0.5) is 19.3 Å². The third-order valence-corrected chi connectivity index (χ3v) is 3.38. The molecular formula is C11H9BrF2N2O3. The number of carbonyl (C=O) groups excluding carboxylic acids is 1. The molecule has 0 atom stereocenters. The second-order valence-electron chi connectivity index (χ2n) is 4.12. The molecule has 2 N–H and O–H groups in total. The van der Waals surface area contributed by atoms with Crippen LogP contribution in [0, 0.1) is 17.6 Å². The van der Waals surface area contributed by atoms with Gasteiger partial charge in [0.05, 0.1) is 16.1 Å². The van der Waals surface area contributed by atoms with Crippen LogP contribution in [0.25, 0.3) is 0 Å². The highest BCUT2D eigenvalue weighted by atomic mass is 79.9. The molecule has 102 valence electrons. The molecule has 0 bridgehead atoms. The van der Waals surface area contributed by atoms with E-state index in [1.807, 2.05) is 0 Å². The number of carbonyl (C=O) groups is 2. The lowest BCUT2D eigenvalue weighted by atomic mass is 10.0. The van der Waals surface area contributed by atoms with Crippen molar-refractivity contribution in [1.29, 1.82) is 0 Å². The summed E-state index contributed by atoms with van der Waals surface area (Å²) < 4.78 is 26.6. The Kier molecular flexibility index (Phi) is 3.70. The number of carboxylic acid groups (broad SMARTS) is 1. The SMILES string of the molecule is O=C(O)C1CN(C(=O)Nc2cc(F)c(Br)cc2F)C1. The van der Waals surface area contributed by atoms with Gasteiger partial charge in [0, 0.05) is 19.2 Å². The van der Waals surface area contributed by atoms with Crippen molar-refractivity contribution in [2.75, 3.05) is 18.4 Å². The number of nitrogens with zero attached hydrogens (tertiary/aromatic N) is 1. The van der Waals surface area contributed by atoms with E-state index in [2.05, 4.69) is 21.2 Å². The van der Waals surface area contributed by atoms with Crippen LogP contribution in [-0.2, 0) is 4.79 Å². The van der Waals surface area contributed by atoms with Crippen LogP contribution >= 0.6 is 15.9 Å². The Hall–Kier alpha value is -1.70. The molecule has 1 fully saturated rings. The quantitative estimate of drug-likeness (QED) is 0.815. The van der Waals surface area contributed by atoms with Gasteiger partial charge in [-0.2, -0.15) is 0 Å². The number of hydrogen-bond donors (Lipinski definition) is 2. The number of anilines is 1. The predicted octanol–water partition coefficient (Wildman–Crippen LogP) is 2.28. The third-order valence-electron chi connectivity index (χ3n) is 2.77. The lowest BCUT2D eigenvalue weighted by molar-refractivity contribution is -0.145. The molecule has 2 rings (SSSR count). The van der Waals surface area contributed by atoms with E-state index in [0.717, 1.165) is 12.1 Å². The maximum Gasteiger partial charge on any atom is 0.321 e. The second-order valence-corrected chi connectivity index (χ2v) is 4.97. The number of halogens is 3. The molecule has 19 heavy (non-hydrogen) atoms. The molecule has 1 saturated heterocycles. The fourth-order valence-electron chi connectivity index (χ4n) is 1.61. The molecule has 0 radical (unpaired) electrons. The van der Waals surface area contributed by atoms with Crippen molar-refractivity contribution < 1.29 is 23.5 Å². The molecular weight excluding hydrogens is 326 g/mol. The van der Waals surface area contributed by atoms with Crippen molar-refractivity contribution in [3.63, 3.8) is 0 Å². The van der Waals surface area contributed by atoms with Gasteiger partial charge < -0.3 is 15.3 Å². The molecule has 0 spiro atoms. The normalized spacial score (nSPS) is 15.0. The summed E-state index contributed by atoms with van der Waals surface area (Å²) in [5.74, 6) is -3.07. The number of nitrogens with one attached hydrogen (secondary N) is 1. The van der Waals surface area contributed by atoms with Gasteiger partial charge in [0.25, 0.3) is 0 Å². The van der Waals surface area contributed by atoms with Gasteiger partial charge in [-0.15, -0.1) is 0 Å². The van der Waals surface area contributed by atoms with Crippen molar-refractivity contribution >= 4 is 33.6 Å². The van der Waals surface area contributed by atoms with Crippen molar-refractivity contribution in [2.24, 2.45) is 5.92 Å². The minimum absolute atomic E-state index is 0.0436. The van der Waals surface area contributed by atoms with Crippen molar-refractivity contribution in [3.8, 4) is 0 Å². The topological polar surface area (TPSA) is 69.6 Å². The van der Waals surface area contributed by atoms with Crippen LogP contribution in [0.1, 0.15) is 0 Å². The summed E-state index contributed by atoms with van der Waals surface area (Å²) in [5, 5.41) is 10.9. The Labute approximate surface area is 115 Å². The van der Waals surface area contributed by atoms with Crippen LogP contribution < -0.4 is 5.32 Å². The van der Waals surface area contributed by atoms with Crippen LogP contribution in [0.5, 0.6) is 0 Å². The van der Waals surface area contributed by atoms with Crippen LogP contribution in [0.15, 0.2) is 16.6 Å². The number of carboxylic acids is 1. The number of amides is 2. The lowest BCUT2D eigenvalue weighted by Gasteiger charge is -2.36. The van der Waals surface area contributed by atoms with Crippen molar-refractivity contribution in [1.82, 2.24) is 4.90 Å². The standard InChI is InChI=1S/C11H9BrF2N2O3/c12-6-1-8(14)9(2-7(6)13)15-11(19)16-3-5(4-16)10(17)18/h1-2,5H,3-4H2,(H,15,19)(H,17,18). The lowest BCUT2D eigenvalue weighted by Crippen LogP contribution is -2.54. The van der Waals surface area contributed by atoms with Gasteiger partial charge >= 0.3 is 12.0 Å². The van der Waals surface area contributed by atoms with Gasteiger partial charge in [0.1, 0.15) is 11.6 Å². The molecule has 1 heterocycles. The summed E-state index contributed by atoms with van der Waals surface area (Å²) in [6.07, 6.45) is 0. The summed E-state index contributed by atoms with van der Waals surface area (Å²) in [4.78, 5) is 23.4. The average Bonchev–Trinajstić information content (AvgIpc) is 2.23. The summed E-state index contributed by atoms with van der Waals surface area (Å²) in [5.41, 5.74) is -0.288. The number of hydrogen-bond acceptors (Lipinski definition) is 2. The number of urea groups is 1. The second kappa shape index (κ2) is 5.12. The summed E-state index contributed by atoms with van der Waals surface area (Å²) in [6, 6.07) is 1.10. The Morgan fingerprint density at radius 2 is 1.95 bits per heavy atom. The molecule has 5 nitrogen and oxygen atoms in total. The van der Waals surface area contributed by atoms with Gasteiger partial charge in [-0.05, 0) is 22.0 Å². The van der Waals surface area contributed by atoms with Gasteiger partial charge in [0.15, 0.2) is 0 Å². The van der Waals surface area contributed by atoms with E-state index in [0.29, 0.717) is 0 Å². The van der Waals surface area contributed by atoms with Crippen LogP contribution in [0.2, 0.25) is 0 Å². The molecule has 1 aliphatic rings. The van der Waals surface area contributed by atoms with E-state index < -0.39 is 29.6 Å². The zero-order chi connectivity index (χ0) is 14.2. The molecule has 1 aromatic carbocycles. The van der Waals surface area contributed by atoms with Gasteiger partial charge in [-0.3, -0.25) is 4.79 Å². The number of rotatable bonds is 2. The van der Waals surface area contributed by atoms with Crippen LogP contribution in [0.3, 0.4) is 0 Å². The molecule has 1 aromatic rings. The Balaban J connectivity index is 2.01. The largest absolute Gasteiger partial charge is 0.481 e.